The molecule has 1 aromatic rings. The van der Waals surface area contributed by atoms with Crippen LogP contribution in [0.25, 0.3) is 6.08 Å². The molecule has 0 radical (unpaired) electrons. The van der Waals surface area contributed by atoms with E-state index in [0.717, 1.165) is 12.0 Å². The molecule has 1 N–H and O–H groups in total. The van der Waals surface area contributed by atoms with Gasteiger partial charge in [0, 0.05) is 12.5 Å². The van der Waals surface area contributed by atoms with Crippen LogP contribution in [-0.4, -0.2) is 50.8 Å². The van der Waals surface area contributed by atoms with Crippen LogP contribution in [0.3, 0.4) is 0 Å². The Hall–Kier alpha value is -3.03. The molecule has 1 aliphatic heterocycles. The first-order chi connectivity index (χ1) is 13.9. The van der Waals surface area contributed by atoms with Gasteiger partial charge in [0.2, 0.25) is 0 Å². The van der Waals surface area contributed by atoms with Crippen LogP contribution in [0, 0.1) is 5.92 Å². The molecule has 0 spiro atoms. The fourth-order valence-corrected chi connectivity index (χ4v) is 2.70. The molecule has 0 unspecified atom stereocenters. The summed E-state index contributed by atoms with van der Waals surface area (Å²) >= 11 is 0. The lowest BCUT2D eigenvalue weighted by atomic mass is 10.0. The third-order valence-electron chi connectivity index (χ3n) is 4.06. The number of hydrogen-bond donors (Lipinski definition) is 1. The number of carbonyl (C=O) groups excluding carboxylic acids is 3. The van der Waals surface area contributed by atoms with Gasteiger partial charge < -0.3 is 24.3 Å². The van der Waals surface area contributed by atoms with E-state index in [0.29, 0.717) is 31.1 Å². The summed E-state index contributed by atoms with van der Waals surface area (Å²) < 4.78 is 20.8. The Morgan fingerprint density at radius 2 is 1.90 bits per heavy atom. The molecular formula is C21H27NO7. The van der Waals surface area contributed by atoms with Gasteiger partial charge in [-0.2, -0.15) is 0 Å². The Bertz CT molecular complexity index is 757. The van der Waals surface area contributed by atoms with Crippen LogP contribution in [-0.2, 0) is 23.9 Å². The average molecular weight is 405 g/mol. The van der Waals surface area contributed by atoms with Crippen molar-refractivity contribution >= 4 is 23.9 Å². The van der Waals surface area contributed by atoms with E-state index in [9.17, 15) is 14.4 Å². The molecular weight excluding hydrogens is 378 g/mol. The van der Waals surface area contributed by atoms with Gasteiger partial charge in [0.25, 0.3) is 5.91 Å². The number of ether oxygens (including phenoxy) is 4. The van der Waals surface area contributed by atoms with Gasteiger partial charge >= 0.3 is 11.9 Å². The molecule has 0 saturated carbocycles. The minimum atomic E-state index is -0.774. The van der Waals surface area contributed by atoms with Gasteiger partial charge in [-0.1, -0.05) is 19.9 Å². The van der Waals surface area contributed by atoms with Gasteiger partial charge in [-0.25, -0.2) is 9.59 Å². The lowest BCUT2D eigenvalue weighted by Crippen LogP contribution is -2.44. The summed E-state index contributed by atoms with van der Waals surface area (Å²) in [7, 11) is 1.26. The first-order valence-electron chi connectivity index (χ1n) is 9.50. The van der Waals surface area contributed by atoms with Gasteiger partial charge in [-0.3, -0.25) is 4.79 Å². The number of carbonyl (C=O) groups is 3. The molecule has 0 fully saturated rings. The molecule has 1 amide bonds. The van der Waals surface area contributed by atoms with Crippen LogP contribution in [0.1, 0.15) is 32.3 Å². The van der Waals surface area contributed by atoms with Gasteiger partial charge in [0.05, 0.1) is 20.3 Å². The molecule has 2 rings (SSSR count). The van der Waals surface area contributed by atoms with Crippen molar-refractivity contribution < 1.29 is 33.3 Å². The molecule has 1 aliphatic rings. The van der Waals surface area contributed by atoms with Crippen LogP contribution in [0.5, 0.6) is 11.5 Å². The number of esters is 2. The zero-order chi connectivity index (χ0) is 21.2. The summed E-state index contributed by atoms with van der Waals surface area (Å²) in [5, 5.41) is 2.52. The summed E-state index contributed by atoms with van der Waals surface area (Å²) in [6.45, 7) is 4.53. The van der Waals surface area contributed by atoms with Crippen LogP contribution >= 0.6 is 0 Å². The summed E-state index contributed by atoms with van der Waals surface area (Å²) in [6.07, 6.45) is 4.02. The number of benzene rings is 1. The SMILES string of the molecule is COC(=O)[C@@H](CC(C)C)NC(=O)COC(=O)/C=C/c1ccc2c(c1)OCCCO2. The average Bonchev–Trinajstić information content (AvgIpc) is 2.94. The molecule has 1 aromatic carbocycles. The van der Waals surface area contributed by atoms with Crippen molar-refractivity contribution in [3.05, 3.63) is 29.8 Å². The second-order valence-corrected chi connectivity index (χ2v) is 6.97. The van der Waals surface area contributed by atoms with Gasteiger partial charge in [0.15, 0.2) is 18.1 Å². The van der Waals surface area contributed by atoms with E-state index in [2.05, 4.69) is 10.1 Å². The van der Waals surface area contributed by atoms with Crippen LogP contribution in [0.2, 0.25) is 0 Å². The monoisotopic (exact) mass is 405 g/mol. The molecule has 0 saturated heterocycles. The van der Waals surface area contributed by atoms with Crippen molar-refractivity contribution in [2.24, 2.45) is 5.92 Å². The van der Waals surface area contributed by atoms with Crippen LogP contribution in [0.4, 0.5) is 0 Å². The van der Waals surface area contributed by atoms with E-state index >= 15 is 0 Å². The van der Waals surface area contributed by atoms with Gasteiger partial charge in [0.1, 0.15) is 6.04 Å². The van der Waals surface area contributed by atoms with Crippen molar-refractivity contribution in [3.63, 3.8) is 0 Å². The maximum atomic E-state index is 12.0. The maximum Gasteiger partial charge on any atom is 0.331 e. The molecule has 0 bridgehead atoms. The summed E-state index contributed by atoms with van der Waals surface area (Å²) in [6, 6.07) is 4.56. The number of rotatable bonds is 8. The van der Waals surface area contributed by atoms with E-state index in [-0.39, 0.29) is 5.92 Å². The second kappa shape index (κ2) is 11.1. The lowest BCUT2D eigenvalue weighted by molar-refractivity contribution is -0.148. The van der Waals surface area contributed by atoms with Crippen molar-refractivity contribution in [1.29, 1.82) is 0 Å². The highest BCUT2D eigenvalue weighted by atomic mass is 16.5. The smallest absolute Gasteiger partial charge is 0.331 e. The van der Waals surface area contributed by atoms with Crippen molar-refractivity contribution in [3.8, 4) is 11.5 Å². The van der Waals surface area contributed by atoms with E-state index in [4.69, 9.17) is 14.2 Å². The quantitative estimate of drug-likeness (QED) is 0.522. The lowest BCUT2D eigenvalue weighted by Gasteiger charge is -2.18. The molecule has 29 heavy (non-hydrogen) atoms. The first kappa shape index (κ1) is 22.3. The zero-order valence-electron chi connectivity index (χ0n) is 16.9. The molecule has 0 aliphatic carbocycles. The van der Waals surface area contributed by atoms with E-state index in [1.54, 1.807) is 24.3 Å². The summed E-state index contributed by atoms with van der Waals surface area (Å²) in [4.78, 5) is 35.6. The molecule has 1 atom stereocenters. The zero-order valence-corrected chi connectivity index (χ0v) is 16.9. The first-order valence-corrected chi connectivity index (χ1v) is 9.50. The maximum absolute atomic E-state index is 12.0. The summed E-state index contributed by atoms with van der Waals surface area (Å²) in [5.74, 6) is -0.311. The van der Waals surface area contributed by atoms with Crippen molar-refractivity contribution in [2.45, 2.75) is 32.7 Å². The molecule has 158 valence electrons. The highest BCUT2D eigenvalue weighted by molar-refractivity contribution is 5.90. The normalized spacial score (nSPS) is 14.2. The Kier molecular flexibility index (Phi) is 8.51. The standard InChI is InChI=1S/C21H27NO7/c1-14(2)11-16(21(25)26-3)22-19(23)13-29-20(24)8-6-15-5-7-17-18(12-15)28-10-4-9-27-17/h5-8,12,14,16H,4,9-11,13H2,1-3H3,(H,22,23)/b8-6+/t16-/m1/s1. The second-order valence-electron chi connectivity index (χ2n) is 6.97. The Morgan fingerprint density at radius 1 is 1.17 bits per heavy atom. The fourth-order valence-electron chi connectivity index (χ4n) is 2.70. The molecule has 8 heteroatoms. The molecule has 8 nitrogen and oxygen atoms in total. The largest absolute Gasteiger partial charge is 0.490 e. The third kappa shape index (κ3) is 7.48. The summed E-state index contributed by atoms with van der Waals surface area (Å²) in [5.41, 5.74) is 0.735. The van der Waals surface area contributed by atoms with E-state index < -0.39 is 30.5 Å². The molecule has 1 heterocycles. The number of amides is 1. The predicted molar refractivity (Wildman–Crippen MR) is 105 cm³/mol. The highest BCUT2D eigenvalue weighted by Crippen LogP contribution is 2.30. The van der Waals surface area contributed by atoms with Crippen LogP contribution < -0.4 is 14.8 Å². The van der Waals surface area contributed by atoms with E-state index in [1.807, 2.05) is 13.8 Å². The topological polar surface area (TPSA) is 100 Å². The predicted octanol–water partition coefficient (Wildman–Crippen LogP) is 2.11. The number of nitrogens with one attached hydrogen (secondary N) is 1. The fraction of sp³-hybridized carbons (Fsp3) is 0.476. The third-order valence-corrected chi connectivity index (χ3v) is 4.06. The Labute approximate surface area is 170 Å². The minimum Gasteiger partial charge on any atom is -0.490 e. The van der Waals surface area contributed by atoms with Crippen LogP contribution in [0.15, 0.2) is 24.3 Å². The number of fused-ring (bicyclic) bond motifs is 1. The minimum absolute atomic E-state index is 0.181. The van der Waals surface area contributed by atoms with E-state index in [1.165, 1.54) is 13.2 Å². The molecule has 0 aromatic heterocycles. The van der Waals surface area contributed by atoms with Gasteiger partial charge in [-0.15, -0.1) is 0 Å². The Balaban J connectivity index is 1.85. The number of methoxy groups -OCH3 is 1. The van der Waals surface area contributed by atoms with Crippen molar-refractivity contribution in [2.75, 3.05) is 26.9 Å². The Morgan fingerprint density at radius 3 is 2.59 bits per heavy atom. The van der Waals surface area contributed by atoms with Gasteiger partial charge in [-0.05, 0) is 36.1 Å². The highest BCUT2D eigenvalue weighted by Gasteiger charge is 2.22. The van der Waals surface area contributed by atoms with Crippen molar-refractivity contribution in [1.82, 2.24) is 5.32 Å². The number of hydrogen-bond acceptors (Lipinski definition) is 7.